The van der Waals surface area contributed by atoms with Gasteiger partial charge in [0.15, 0.2) is 0 Å². The molecule has 0 saturated heterocycles. The number of aliphatic hydroxyl groups excluding tert-OH is 1. The van der Waals surface area contributed by atoms with Crippen molar-refractivity contribution in [3.8, 4) is 0 Å². The van der Waals surface area contributed by atoms with Crippen LogP contribution in [0, 0.1) is 5.92 Å². The van der Waals surface area contributed by atoms with E-state index >= 15 is 0 Å². The number of benzene rings is 1. The van der Waals surface area contributed by atoms with E-state index in [0.717, 1.165) is 18.2 Å². The Kier molecular flexibility index (Phi) is 6.36. The molecule has 0 aliphatic carbocycles. The number of carbonyl (C=O) groups is 2. The summed E-state index contributed by atoms with van der Waals surface area (Å²) in [4.78, 5) is 23.1. The fourth-order valence-electron chi connectivity index (χ4n) is 1.63. The van der Waals surface area contributed by atoms with Crippen molar-refractivity contribution >= 4 is 17.5 Å². The zero-order valence-electron chi connectivity index (χ0n) is 11.9. The van der Waals surface area contributed by atoms with Crippen molar-refractivity contribution in [3.05, 3.63) is 29.8 Å². The van der Waals surface area contributed by atoms with Gasteiger partial charge >= 0.3 is 18.0 Å². The van der Waals surface area contributed by atoms with Crippen LogP contribution in [0.15, 0.2) is 24.3 Å². The van der Waals surface area contributed by atoms with E-state index in [-0.39, 0.29) is 24.8 Å². The van der Waals surface area contributed by atoms with E-state index in [0.29, 0.717) is 6.42 Å². The van der Waals surface area contributed by atoms with Crippen molar-refractivity contribution < 1.29 is 27.9 Å². The molecule has 0 aliphatic heterocycles. The van der Waals surface area contributed by atoms with Gasteiger partial charge < -0.3 is 15.7 Å². The van der Waals surface area contributed by atoms with Crippen LogP contribution in [0.2, 0.25) is 0 Å². The maximum atomic E-state index is 12.5. The summed E-state index contributed by atoms with van der Waals surface area (Å²) in [6.45, 7) is 1.93. The molecule has 1 unspecified atom stereocenters. The summed E-state index contributed by atoms with van der Waals surface area (Å²) < 4.78 is 37.6. The van der Waals surface area contributed by atoms with Gasteiger partial charge in [0.25, 0.3) is 0 Å². The van der Waals surface area contributed by atoms with Gasteiger partial charge in [-0.05, 0) is 30.5 Å². The Balaban J connectivity index is 2.59. The smallest absolute Gasteiger partial charge is 0.396 e. The summed E-state index contributed by atoms with van der Waals surface area (Å²) in [6, 6.07) is 4.01. The monoisotopic (exact) mass is 318 g/mol. The number of nitrogens with one attached hydrogen (secondary N) is 2. The van der Waals surface area contributed by atoms with Crippen molar-refractivity contribution in [2.75, 3.05) is 18.5 Å². The normalized spacial score (nSPS) is 12.6. The summed E-state index contributed by atoms with van der Waals surface area (Å²) in [6.07, 6.45) is -4.06. The average Bonchev–Trinajstić information content (AvgIpc) is 2.44. The summed E-state index contributed by atoms with van der Waals surface area (Å²) in [5.74, 6) is -2.01. The van der Waals surface area contributed by atoms with Crippen molar-refractivity contribution in [3.63, 3.8) is 0 Å². The molecule has 0 heterocycles. The van der Waals surface area contributed by atoms with Gasteiger partial charge in [-0.15, -0.1) is 0 Å². The molecule has 0 bridgehead atoms. The van der Waals surface area contributed by atoms with Crippen LogP contribution in [0.4, 0.5) is 18.9 Å². The number of rotatable bonds is 5. The van der Waals surface area contributed by atoms with Gasteiger partial charge in [-0.25, -0.2) is 0 Å². The summed E-state index contributed by atoms with van der Waals surface area (Å²) in [5.41, 5.74) is -1.03. The van der Waals surface area contributed by atoms with E-state index in [1.54, 1.807) is 6.92 Å². The fraction of sp³-hybridized carbons (Fsp3) is 0.429. The molecule has 0 radical (unpaired) electrons. The highest BCUT2D eigenvalue weighted by molar-refractivity contribution is 6.39. The van der Waals surface area contributed by atoms with Crippen molar-refractivity contribution in [1.29, 1.82) is 0 Å². The molecule has 0 fully saturated rings. The first-order valence-electron chi connectivity index (χ1n) is 6.61. The highest BCUT2D eigenvalue weighted by Crippen LogP contribution is 2.30. The summed E-state index contributed by atoms with van der Waals surface area (Å²) in [7, 11) is 0. The molecule has 22 heavy (non-hydrogen) atoms. The predicted molar refractivity (Wildman–Crippen MR) is 74.0 cm³/mol. The number of halogens is 3. The van der Waals surface area contributed by atoms with Crippen LogP contribution >= 0.6 is 0 Å². The molecule has 1 aromatic rings. The summed E-state index contributed by atoms with van der Waals surface area (Å²) in [5, 5.41) is 13.2. The third-order valence-corrected chi connectivity index (χ3v) is 2.89. The number of carbonyl (C=O) groups excluding carboxylic acids is 2. The van der Waals surface area contributed by atoms with Crippen LogP contribution in [-0.2, 0) is 15.8 Å². The predicted octanol–water partition coefficient (Wildman–Crippen LogP) is 1.78. The van der Waals surface area contributed by atoms with Crippen molar-refractivity contribution in [2.24, 2.45) is 5.92 Å². The molecule has 0 aromatic heterocycles. The maximum Gasteiger partial charge on any atom is 0.416 e. The Hall–Kier alpha value is -2.09. The molecule has 8 heteroatoms. The molecular weight excluding hydrogens is 301 g/mol. The number of hydrogen-bond acceptors (Lipinski definition) is 3. The van der Waals surface area contributed by atoms with E-state index in [4.69, 9.17) is 5.11 Å². The zero-order chi connectivity index (χ0) is 16.8. The van der Waals surface area contributed by atoms with E-state index < -0.39 is 23.6 Å². The zero-order valence-corrected chi connectivity index (χ0v) is 11.9. The molecule has 0 spiro atoms. The van der Waals surface area contributed by atoms with Crippen molar-refractivity contribution in [2.45, 2.75) is 19.5 Å². The molecule has 1 rings (SSSR count). The minimum Gasteiger partial charge on any atom is -0.396 e. The second-order valence-electron chi connectivity index (χ2n) is 4.86. The lowest BCUT2D eigenvalue weighted by Crippen LogP contribution is -2.37. The van der Waals surface area contributed by atoms with Gasteiger partial charge in [0, 0.05) is 18.8 Å². The van der Waals surface area contributed by atoms with Gasteiger partial charge in [-0.3, -0.25) is 9.59 Å². The van der Waals surface area contributed by atoms with Gasteiger partial charge in [0.2, 0.25) is 0 Å². The maximum absolute atomic E-state index is 12.5. The first-order valence-corrected chi connectivity index (χ1v) is 6.61. The lowest BCUT2D eigenvalue weighted by Gasteiger charge is -2.12. The van der Waals surface area contributed by atoms with E-state index in [1.165, 1.54) is 6.07 Å². The topological polar surface area (TPSA) is 78.4 Å². The molecule has 3 N–H and O–H groups in total. The molecule has 2 amide bonds. The van der Waals surface area contributed by atoms with Crippen LogP contribution in [0.1, 0.15) is 18.9 Å². The van der Waals surface area contributed by atoms with Crippen LogP contribution in [0.5, 0.6) is 0 Å². The first kappa shape index (κ1) is 18.0. The molecule has 5 nitrogen and oxygen atoms in total. The minimum atomic E-state index is -4.53. The highest BCUT2D eigenvalue weighted by atomic mass is 19.4. The Labute approximate surface area is 125 Å². The molecule has 1 aromatic carbocycles. The van der Waals surface area contributed by atoms with Crippen molar-refractivity contribution in [1.82, 2.24) is 5.32 Å². The van der Waals surface area contributed by atoms with E-state index in [1.807, 2.05) is 0 Å². The molecule has 122 valence electrons. The van der Waals surface area contributed by atoms with E-state index in [2.05, 4.69) is 10.6 Å². The van der Waals surface area contributed by atoms with Gasteiger partial charge in [0.05, 0.1) is 5.56 Å². The Morgan fingerprint density at radius 2 is 1.95 bits per heavy atom. The number of amides is 2. The Morgan fingerprint density at radius 3 is 2.55 bits per heavy atom. The van der Waals surface area contributed by atoms with E-state index in [9.17, 15) is 22.8 Å². The fourth-order valence-corrected chi connectivity index (χ4v) is 1.63. The second-order valence-corrected chi connectivity index (χ2v) is 4.86. The van der Waals surface area contributed by atoms with Crippen LogP contribution in [0.3, 0.4) is 0 Å². The second kappa shape index (κ2) is 7.79. The average molecular weight is 318 g/mol. The van der Waals surface area contributed by atoms with Crippen LogP contribution < -0.4 is 10.6 Å². The Morgan fingerprint density at radius 1 is 1.27 bits per heavy atom. The third-order valence-electron chi connectivity index (χ3n) is 2.89. The number of anilines is 1. The SMILES string of the molecule is CC(CCO)CNC(=O)C(=O)Nc1cccc(C(F)(F)F)c1. The summed E-state index contributed by atoms with van der Waals surface area (Å²) >= 11 is 0. The molecular formula is C14H17F3N2O3. The Bertz CT molecular complexity index is 532. The van der Waals surface area contributed by atoms with Crippen LogP contribution in [-0.4, -0.2) is 30.1 Å². The highest BCUT2D eigenvalue weighted by Gasteiger charge is 2.30. The lowest BCUT2D eigenvalue weighted by atomic mass is 10.1. The minimum absolute atomic E-state index is 0.0182. The van der Waals surface area contributed by atoms with Crippen LogP contribution in [0.25, 0.3) is 0 Å². The van der Waals surface area contributed by atoms with Gasteiger partial charge in [-0.2, -0.15) is 13.2 Å². The van der Waals surface area contributed by atoms with Gasteiger partial charge in [-0.1, -0.05) is 13.0 Å². The molecule has 1 atom stereocenters. The quantitative estimate of drug-likeness (QED) is 0.724. The number of aliphatic hydroxyl groups is 1. The molecule has 0 aliphatic rings. The lowest BCUT2D eigenvalue weighted by molar-refractivity contribution is -0.137. The first-order chi connectivity index (χ1) is 10.2. The van der Waals surface area contributed by atoms with Gasteiger partial charge in [0.1, 0.15) is 0 Å². The molecule has 0 saturated carbocycles. The number of hydrogen-bond donors (Lipinski definition) is 3. The third kappa shape index (κ3) is 5.72. The largest absolute Gasteiger partial charge is 0.416 e. The standard InChI is InChI=1S/C14H17F3N2O3/c1-9(5-6-20)8-18-12(21)13(22)19-11-4-2-3-10(7-11)14(15,16)17/h2-4,7,9,20H,5-6,8H2,1H3,(H,18,21)(H,19,22). The number of alkyl halides is 3.